The van der Waals surface area contributed by atoms with Gasteiger partial charge in [-0.25, -0.2) is 4.79 Å². The average Bonchev–Trinajstić information content (AvgIpc) is 2.69. The van der Waals surface area contributed by atoms with Gasteiger partial charge in [-0.1, -0.05) is 51.1 Å². The Kier molecular flexibility index (Phi) is 4.16. The summed E-state index contributed by atoms with van der Waals surface area (Å²) >= 11 is 0. The lowest BCUT2D eigenvalue weighted by Gasteiger charge is -2.43. The number of benzene rings is 1. The molecule has 0 unspecified atom stereocenters. The molecule has 5 heteroatoms. The van der Waals surface area contributed by atoms with Crippen LogP contribution in [-0.4, -0.2) is 34.0 Å². The molecule has 1 spiro atoms. The zero-order valence-electron chi connectivity index (χ0n) is 14.6. The first-order valence-electron chi connectivity index (χ1n) is 8.60. The van der Waals surface area contributed by atoms with Gasteiger partial charge in [0.1, 0.15) is 5.54 Å². The molecule has 5 nitrogen and oxygen atoms in total. The number of hydrogen-bond donors (Lipinski definition) is 2. The summed E-state index contributed by atoms with van der Waals surface area (Å²) in [4.78, 5) is 26.6. The van der Waals surface area contributed by atoms with Crippen molar-refractivity contribution in [1.29, 1.82) is 0 Å². The van der Waals surface area contributed by atoms with E-state index in [9.17, 15) is 14.7 Å². The summed E-state index contributed by atoms with van der Waals surface area (Å²) in [7, 11) is 0. The van der Waals surface area contributed by atoms with Crippen molar-refractivity contribution in [3.05, 3.63) is 35.9 Å². The van der Waals surface area contributed by atoms with Crippen LogP contribution in [0.25, 0.3) is 0 Å². The van der Waals surface area contributed by atoms with Gasteiger partial charge in [-0.15, -0.1) is 0 Å². The summed E-state index contributed by atoms with van der Waals surface area (Å²) in [5, 5.41) is 13.3. The maximum Gasteiger partial charge on any atom is 0.325 e. The molecule has 3 rings (SSSR count). The fourth-order valence-corrected chi connectivity index (χ4v) is 4.63. The number of urea groups is 1. The van der Waals surface area contributed by atoms with Crippen LogP contribution in [0.2, 0.25) is 0 Å². The van der Waals surface area contributed by atoms with Gasteiger partial charge in [0.2, 0.25) is 0 Å². The Morgan fingerprint density at radius 3 is 2.54 bits per heavy atom. The Balaban J connectivity index is 1.79. The van der Waals surface area contributed by atoms with E-state index in [1.165, 1.54) is 4.90 Å². The van der Waals surface area contributed by atoms with Crippen molar-refractivity contribution < 1.29 is 14.7 Å². The van der Waals surface area contributed by atoms with E-state index >= 15 is 0 Å². The highest BCUT2D eigenvalue weighted by atomic mass is 16.3. The van der Waals surface area contributed by atoms with Crippen LogP contribution in [0.15, 0.2) is 30.3 Å². The molecular formula is C19H26N2O3. The molecule has 24 heavy (non-hydrogen) atoms. The molecule has 3 amide bonds. The number of β-amino-alcohol motifs (C(OH)–C–C–N with tert-alkyl or cyclic N) is 1. The van der Waals surface area contributed by atoms with Crippen LogP contribution >= 0.6 is 0 Å². The smallest absolute Gasteiger partial charge is 0.325 e. The van der Waals surface area contributed by atoms with Crippen LogP contribution in [0, 0.1) is 11.3 Å². The summed E-state index contributed by atoms with van der Waals surface area (Å²) in [5.74, 6) is 0.180. The maximum absolute atomic E-state index is 13.0. The monoisotopic (exact) mass is 330 g/mol. The number of hydrogen-bond acceptors (Lipinski definition) is 3. The predicted octanol–water partition coefficient (Wildman–Crippen LogP) is 2.86. The molecule has 1 aromatic rings. The minimum absolute atomic E-state index is 0.00859. The minimum atomic E-state index is -0.870. The number of rotatable bonds is 3. The number of aliphatic hydroxyl groups excluding tert-OH is 1. The fourth-order valence-electron chi connectivity index (χ4n) is 4.63. The van der Waals surface area contributed by atoms with E-state index in [4.69, 9.17) is 0 Å². The molecule has 130 valence electrons. The number of amides is 3. The lowest BCUT2D eigenvalue weighted by atomic mass is 9.64. The van der Waals surface area contributed by atoms with Gasteiger partial charge in [-0.05, 0) is 36.2 Å². The number of imide groups is 1. The highest BCUT2D eigenvalue weighted by molar-refractivity contribution is 6.07. The molecule has 2 fully saturated rings. The first-order valence-corrected chi connectivity index (χ1v) is 8.60. The Labute approximate surface area is 143 Å². The Hall–Kier alpha value is -1.88. The first-order chi connectivity index (χ1) is 11.2. The van der Waals surface area contributed by atoms with Crippen LogP contribution < -0.4 is 5.32 Å². The van der Waals surface area contributed by atoms with Crippen molar-refractivity contribution >= 4 is 11.9 Å². The van der Waals surface area contributed by atoms with E-state index in [0.29, 0.717) is 24.3 Å². The largest absolute Gasteiger partial charge is 0.387 e. The van der Waals surface area contributed by atoms with E-state index < -0.39 is 11.6 Å². The van der Waals surface area contributed by atoms with E-state index in [-0.39, 0.29) is 23.9 Å². The van der Waals surface area contributed by atoms with Crippen LogP contribution in [-0.2, 0) is 4.79 Å². The maximum atomic E-state index is 13.0. The second kappa shape index (κ2) is 5.88. The normalized spacial score (nSPS) is 30.5. The average molecular weight is 330 g/mol. The second-order valence-electron chi connectivity index (χ2n) is 8.21. The third kappa shape index (κ3) is 3.05. The van der Waals surface area contributed by atoms with E-state index in [1.54, 1.807) is 12.1 Å². The molecule has 0 aromatic heterocycles. The van der Waals surface area contributed by atoms with Crippen molar-refractivity contribution in [2.45, 2.75) is 51.7 Å². The standard InChI is InChI=1S/C19H26N2O3/c1-13-9-18(2,3)12-19(10-13)16(23)21(17(24)20-19)11-15(22)14-7-5-4-6-8-14/h4-8,13,15,22H,9-12H2,1-3H3,(H,20,24)/t13-,15-,19+/m1/s1. The van der Waals surface area contributed by atoms with Crippen molar-refractivity contribution in [3.8, 4) is 0 Å². The molecule has 2 aliphatic rings. The Morgan fingerprint density at radius 2 is 1.92 bits per heavy atom. The third-order valence-electron chi connectivity index (χ3n) is 5.16. The summed E-state index contributed by atoms with van der Waals surface area (Å²) in [6.07, 6.45) is 1.49. The van der Waals surface area contributed by atoms with Crippen molar-refractivity contribution in [1.82, 2.24) is 10.2 Å². The van der Waals surface area contributed by atoms with E-state index in [2.05, 4.69) is 26.1 Å². The molecule has 0 radical (unpaired) electrons. The molecule has 1 heterocycles. The number of nitrogens with zero attached hydrogens (tertiary/aromatic N) is 1. The van der Waals surface area contributed by atoms with Crippen molar-refractivity contribution in [2.24, 2.45) is 11.3 Å². The summed E-state index contributed by atoms with van der Waals surface area (Å²) in [5.41, 5.74) is -0.0973. The quantitative estimate of drug-likeness (QED) is 0.837. The van der Waals surface area contributed by atoms with E-state index in [1.807, 2.05) is 18.2 Å². The van der Waals surface area contributed by atoms with Gasteiger partial charge >= 0.3 is 6.03 Å². The van der Waals surface area contributed by atoms with Gasteiger partial charge in [-0.3, -0.25) is 9.69 Å². The van der Waals surface area contributed by atoms with Gasteiger partial charge in [0, 0.05) is 0 Å². The van der Waals surface area contributed by atoms with E-state index in [0.717, 1.165) is 6.42 Å². The lowest BCUT2D eigenvalue weighted by molar-refractivity contribution is -0.135. The summed E-state index contributed by atoms with van der Waals surface area (Å²) < 4.78 is 0. The number of aliphatic hydroxyl groups is 1. The molecule has 1 aromatic carbocycles. The highest BCUT2D eigenvalue weighted by Gasteiger charge is 2.56. The predicted molar refractivity (Wildman–Crippen MR) is 91.2 cm³/mol. The summed E-state index contributed by atoms with van der Waals surface area (Å²) in [6.45, 7) is 6.41. The van der Waals surface area contributed by atoms with Gasteiger partial charge in [0.25, 0.3) is 5.91 Å². The molecule has 1 saturated carbocycles. The second-order valence-corrected chi connectivity index (χ2v) is 8.21. The molecule has 0 bridgehead atoms. The summed E-state index contributed by atoms with van der Waals surface area (Å²) in [6, 6.07) is 8.73. The fraction of sp³-hybridized carbons (Fsp3) is 0.579. The van der Waals surface area contributed by atoms with Crippen LogP contribution in [0.1, 0.15) is 51.7 Å². The molecular weight excluding hydrogens is 304 g/mol. The topological polar surface area (TPSA) is 69.6 Å². The number of nitrogens with one attached hydrogen (secondary N) is 1. The van der Waals surface area contributed by atoms with Crippen LogP contribution in [0.5, 0.6) is 0 Å². The number of carbonyl (C=O) groups excluding carboxylic acids is 2. The Morgan fingerprint density at radius 1 is 1.25 bits per heavy atom. The van der Waals surface area contributed by atoms with Crippen molar-refractivity contribution in [2.75, 3.05) is 6.54 Å². The van der Waals surface area contributed by atoms with Crippen LogP contribution in [0.3, 0.4) is 0 Å². The Bertz CT molecular complexity index is 643. The van der Waals surface area contributed by atoms with Gasteiger partial charge in [-0.2, -0.15) is 0 Å². The zero-order valence-corrected chi connectivity index (χ0v) is 14.6. The molecule has 3 atom stereocenters. The minimum Gasteiger partial charge on any atom is -0.387 e. The highest BCUT2D eigenvalue weighted by Crippen LogP contribution is 2.46. The molecule has 2 N–H and O–H groups in total. The van der Waals surface area contributed by atoms with Gasteiger partial charge in [0.05, 0.1) is 12.6 Å². The molecule has 1 aliphatic carbocycles. The SMILES string of the molecule is C[C@@H]1CC(C)(C)C[C@]2(C1)NC(=O)N(C[C@@H](O)c1ccccc1)C2=O. The number of carbonyl (C=O) groups is 2. The first kappa shape index (κ1) is 17.0. The molecule has 1 aliphatic heterocycles. The van der Waals surface area contributed by atoms with Gasteiger partial charge in [0.15, 0.2) is 0 Å². The van der Waals surface area contributed by atoms with Crippen molar-refractivity contribution in [3.63, 3.8) is 0 Å². The van der Waals surface area contributed by atoms with Crippen LogP contribution in [0.4, 0.5) is 4.79 Å². The third-order valence-corrected chi connectivity index (χ3v) is 5.16. The zero-order chi connectivity index (χ0) is 17.5. The lowest BCUT2D eigenvalue weighted by Crippen LogP contribution is -2.54. The van der Waals surface area contributed by atoms with Gasteiger partial charge < -0.3 is 10.4 Å². The molecule has 1 saturated heterocycles.